The first-order chi connectivity index (χ1) is 27.6. The number of carbonyl (C=O) groups is 2. The molecule has 5 nitrogen and oxygen atoms in total. The third-order valence-corrected chi connectivity index (χ3v) is 11.2. The fourth-order valence-electron chi connectivity index (χ4n) is 7.47. The lowest BCUT2D eigenvalue weighted by Crippen LogP contribution is -2.28. The van der Waals surface area contributed by atoms with Gasteiger partial charge in [0.1, 0.15) is 6.61 Å². The predicted octanol–water partition coefficient (Wildman–Crippen LogP) is 16.2. The van der Waals surface area contributed by atoms with E-state index >= 15 is 0 Å². The molecule has 0 rings (SSSR count). The van der Waals surface area contributed by atoms with Crippen molar-refractivity contribution in [1.29, 1.82) is 0 Å². The smallest absolute Gasteiger partial charge is 0.306 e. The SMILES string of the molecule is CCCCCCC/C=C\C/C=C\CCCCCCCCCCCCCCCC(=O)OC(CO)COC(=O)CCCCCCCCCCCCCCCCCCC. The summed E-state index contributed by atoms with van der Waals surface area (Å²) < 4.78 is 10.7. The summed E-state index contributed by atoms with van der Waals surface area (Å²) in [6.45, 7) is 4.17. The third-order valence-electron chi connectivity index (χ3n) is 11.2. The number of hydrogen-bond donors (Lipinski definition) is 1. The molecule has 0 heterocycles. The summed E-state index contributed by atoms with van der Waals surface area (Å²) in [5.41, 5.74) is 0. The molecule has 1 atom stereocenters. The van der Waals surface area contributed by atoms with E-state index in [1.54, 1.807) is 0 Å². The van der Waals surface area contributed by atoms with E-state index in [9.17, 15) is 14.7 Å². The largest absolute Gasteiger partial charge is 0.462 e. The molecule has 5 heteroatoms. The molecule has 0 amide bonds. The van der Waals surface area contributed by atoms with E-state index in [1.165, 1.54) is 205 Å². The average Bonchev–Trinajstić information content (AvgIpc) is 3.20. The van der Waals surface area contributed by atoms with Crippen LogP contribution in [0.1, 0.15) is 271 Å². The average molecular weight is 789 g/mol. The van der Waals surface area contributed by atoms with Crippen molar-refractivity contribution >= 4 is 11.9 Å². The second-order valence-electron chi connectivity index (χ2n) is 16.9. The van der Waals surface area contributed by atoms with E-state index in [2.05, 4.69) is 38.2 Å². The molecule has 0 aromatic rings. The highest BCUT2D eigenvalue weighted by Crippen LogP contribution is 2.16. The Hall–Kier alpha value is -1.62. The van der Waals surface area contributed by atoms with Crippen molar-refractivity contribution in [3.05, 3.63) is 24.3 Å². The van der Waals surface area contributed by atoms with E-state index in [0.717, 1.165) is 38.5 Å². The molecule has 0 bridgehead atoms. The first-order valence-electron chi connectivity index (χ1n) is 24.9. The molecule has 0 fully saturated rings. The summed E-state index contributed by atoms with van der Waals surface area (Å²) in [4.78, 5) is 24.4. The van der Waals surface area contributed by atoms with E-state index in [4.69, 9.17) is 9.47 Å². The lowest BCUT2D eigenvalue weighted by atomic mass is 10.0. The Morgan fingerprint density at radius 2 is 0.714 bits per heavy atom. The molecular formula is C51H96O5. The van der Waals surface area contributed by atoms with E-state index in [0.29, 0.717) is 12.8 Å². The lowest BCUT2D eigenvalue weighted by molar-refractivity contribution is -0.161. The number of aliphatic hydroxyl groups excluding tert-OH is 1. The minimum absolute atomic E-state index is 0.0602. The minimum atomic E-state index is -0.767. The molecule has 1 N–H and O–H groups in total. The van der Waals surface area contributed by atoms with Crippen molar-refractivity contribution in [2.75, 3.05) is 13.2 Å². The quantitative estimate of drug-likeness (QED) is 0.0378. The Balaban J connectivity index is 3.46. The van der Waals surface area contributed by atoms with E-state index in [-0.39, 0.29) is 25.2 Å². The van der Waals surface area contributed by atoms with Gasteiger partial charge in [0.25, 0.3) is 0 Å². The highest BCUT2D eigenvalue weighted by atomic mass is 16.6. The molecule has 0 saturated carbocycles. The Bertz CT molecular complexity index is 851. The van der Waals surface area contributed by atoms with Gasteiger partial charge in [-0.25, -0.2) is 0 Å². The summed E-state index contributed by atoms with van der Waals surface area (Å²) in [6.07, 6.45) is 58.4. The van der Waals surface area contributed by atoms with Gasteiger partial charge in [0.15, 0.2) is 6.10 Å². The van der Waals surface area contributed by atoms with Crippen LogP contribution >= 0.6 is 0 Å². The highest BCUT2D eigenvalue weighted by molar-refractivity contribution is 5.70. The maximum Gasteiger partial charge on any atom is 0.306 e. The molecule has 0 aliphatic rings. The normalized spacial score (nSPS) is 12.3. The maximum absolute atomic E-state index is 12.3. The molecule has 0 saturated heterocycles. The van der Waals surface area contributed by atoms with Crippen LogP contribution in [0.15, 0.2) is 24.3 Å². The molecule has 0 radical (unpaired) electrons. The van der Waals surface area contributed by atoms with Crippen molar-refractivity contribution in [2.45, 2.75) is 277 Å². The van der Waals surface area contributed by atoms with Gasteiger partial charge in [-0.05, 0) is 44.9 Å². The second-order valence-corrected chi connectivity index (χ2v) is 16.9. The number of ether oxygens (including phenoxy) is 2. The van der Waals surface area contributed by atoms with Crippen molar-refractivity contribution in [3.63, 3.8) is 0 Å². The van der Waals surface area contributed by atoms with Crippen LogP contribution in [-0.4, -0.2) is 36.4 Å². The van der Waals surface area contributed by atoms with Crippen molar-refractivity contribution in [3.8, 4) is 0 Å². The first-order valence-corrected chi connectivity index (χ1v) is 24.9. The van der Waals surface area contributed by atoms with Gasteiger partial charge < -0.3 is 14.6 Å². The van der Waals surface area contributed by atoms with Crippen LogP contribution < -0.4 is 0 Å². The zero-order valence-corrected chi connectivity index (χ0v) is 37.7. The fourth-order valence-corrected chi connectivity index (χ4v) is 7.47. The van der Waals surface area contributed by atoms with Gasteiger partial charge in [-0.15, -0.1) is 0 Å². The van der Waals surface area contributed by atoms with Gasteiger partial charge in [0.05, 0.1) is 6.61 Å². The summed E-state index contributed by atoms with van der Waals surface area (Å²) in [7, 11) is 0. The van der Waals surface area contributed by atoms with Crippen LogP contribution in [0.2, 0.25) is 0 Å². The van der Waals surface area contributed by atoms with Crippen molar-refractivity contribution in [2.24, 2.45) is 0 Å². The van der Waals surface area contributed by atoms with E-state index in [1.807, 2.05) is 0 Å². The number of hydrogen-bond acceptors (Lipinski definition) is 5. The molecule has 0 aromatic heterocycles. The Morgan fingerprint density at radius 3 is 1.05 bits per heavy atom. The predicted molar refractivity (Wildman–Crippen MR) is 242 cm³/mol. The van der Waals surface area contributed by atoms with Crippen LogP contribution in [0.5, 0.6) is 0 Å². The number of aliphatic hydroxyl groups is 1. The number of rotatable bonds is 46. The van der Waals surface area contributed by atoms with Crippen molar-refractivity contribution < 1.29 is 24.2 Å². The number of allylic oxidation sites excluding steroid dienone is 4. The fraction of sp³-hybridized carbons (Fsp3) is 0.882. The Labute approximate surface area is 349 Å². The topological polar surface area (TPSA) is 72.8 Å². The van der Waals surface area contributed by atoms with Gasteiger partial charge >= 0.3 is 11.9 Å². The number of unbranched alkanes of at least 4 members (excludes halogenated alkanes) is 34. The molecule has 56 heavy (non-hydrogen) atoms. The molecule has 0 spiro atoms. The molecular weight excluding hydrogens is 693 g/mol. The van der Waals surface area contributed by atoms with Gasteiger partial charge in [0.2, 0.25) is 0 Å². The van der Waals surface area contributed by atoms with Crippen molar-refractivity contribution in [1.82, 2.24) is 0 Å². The third kappa shape index (κ3) is 45.1. The van der Waals surface area contributed by atoms with Crippen LogP contribution in [-0.2, 0) is 19.1 Å². The number of carbonyl (C=O) groups excluding carboxylic acids is 2. The Kier molecular flexibility index (Phi) is 46.4. The van der Waals surface area contributed by atoms with Crippen LogP contribution in [0.3, 0.4) is 0 Å². The lowest BCUT2D eigenvalue weighted by Gasteiger charge is -2.15. The zero-order valence-electron chi connectivity index (χ0n) is 37.7. The summed E-state index contributed by atoms with van der Waals surface area (Å²) >= 11 is 0. The molecule has 0 aromatic carbocycles. The van der Waals surface area contributed by atoms with Gasteiger partial charge in [-0.3, -0.25) is 9.59 Å². The molecule has 0 aliphatic heterocycles. The van der Waals surface area contributed by atoms with Gasteiger partial charge in [-0.1, -0.05) is 237 Å². The van der Waals surface area contributed by atoms with Crippen LogP contribution in [0.4, 0.5) is 0 Å². The summed E-state index contributed by atoms with van der Waals surface area (Å²) in [5, 5.41) is 9.61. The second kappa shape index (κ2) is 47.8. The molecule has 1 unspecified atom stereocenters. The van der Waals surface area contributed by atoms with Gasteiger partial charge in [0, 0.05) is 12.8 Å². The first kappa shape index (κ1) is 54.4. The summed E-state index contributed by atoms with van der Waals surface area (Å²) in [5.74, 6) is -0.576. The molecule has 330 valence electrons. The van der Waals surface area contributed by atoms with E-state index < -0.39 is 6.10 Å². The highest BCUT2D eigenvalue weighted by Gasteiger charge is 2.16. The van der Waals surface area contributed by atoms with Crippen LogP contribution in [0.25, 0.3) is 0 Å². The minimum Gasteiger partial charge on any atom is -0.462 e. The standard InChI is InChI=1S/C51H96O5/c1-3-5-7-9-11-13-15-17-19-21-22-23-24-25-26-27-28-30-32-34-36-38-40-42-44-46-51(54)56-49(47-52)48-55-50(53)45-43-41-39-37-35-33-31-29-20-18-16-14-12-10-8-6-4-2/h15,17,21-22,49,52H,3-14,16,18-20,23-48H2,1-2H3/b17-15-,22-21-. The van der Waals surface area contributed by atoms with Crippen LogP contribution in [0, 0.1) is 0 Å². The zero-order chi connectivity index (χ0) is 40.7. The maximum atomic E-state index is 12.3. The molecule has 0 aliphatic carbocycles. The Morgan fingerprint density at radius 1 is 0.411 bits per heavy atom. The summed E-state index contributed by atoms with van der Waals surface area (Å²) in [6, 6.07) is 0. The van der Waals surface area contributed by atoms with Gasteiger partial charge in [-0.2, -0.15) is 0 Å². The monoisotopic (exact) mass is 789 g/mol. The number of esters is 2.